The molecule has 24 heavy (non-hydrogen) atoms. The van der Waals surface area contributed by atoms with Crippen molar-refractivity contribution in [3.8, 4) is 5.75 Å². The van der Waals surface area contributed by atoms with E-state index in [2.05, 4.69) is 5.32 Å². The molecule has 0 aliphatic carbocycles. The first-order valence-electron chi connectivity index (χ1n) is 7.67. The number of amides is 2. The van der Waals surface area contributed by atoms with Gasteiger partial charge >= 0.3 is 0 Å². The minimum Gasteiger partial charge on any atom is -0.490 e. The Morgan fingerprint density at radius 2 is 1.96 bits per heavy atom. The second-order valence-corrected chi connectivity index (χ2v) is 7.25. The van der Waals surface area contributed by atoms with E-state index in [9.17, 15) is 9.59 Å². The molecule has 3 N–H and O–H groups in total. The number of hydrogen-bond acceptors (Lipinski definition) is 4. The predicted molar refractivity (Wildman–Crippen MR) is 96.7 cm³/mol. The third-order valence-electron chi connectivity index (χ3n) is 3.57. The van der Waals surface area contributed by atoms with Crippen molar-refractivity contribution < 1.29 is 14.3 Å². The van der Waals surface area contributed by atoms with Crippen LogP contribution in [-0.4, -0.2) is 17.9 Å². The van der Waals surface area contributed by atoms with Gasteiger partial charge in [0, 0.05) is 10.6 Å². The number of carbonyl (C=O) groups is 2. The number of ether oxygens (including phenoxy) is 1. The van der Waals surface area contributed by atoms with E-state index in [1.165, 1.54) is 11.3 Å². The largest absolute Gasteiger partial charge is 0.490 e. The number of carbonyl (C=O) groups excluding carboxylic acids is 2. The van der Waals surface area contributed by atoms with Gasteiger partial charge in [0.2, 0.25) is 5.91 Å². The summed E-state index contributed by atoms with van der Waals surface area (Å²) in [5.74, 6) is -0.342. The molecule has 1 aromatic heterocycles. The fourth-order valence-corrected chi connectivity index (χ4v) is 3.04. The van der Waals surface area contributed by atoms with E-state index in [4.69, 9.17) is 10.5 Å². The highest BCUT2D eigenvalue weighted by Gasteiger charge is 2.31. The Bertz CT molecular complexity index is 737. The number of hydrogen-bond donors (Lipinski definition) is 2. The summed E-state index contributed by atoms with van der Waals surface area (Å²) < 4.78 is 5.58. The number of benzene rings is 1. The lowest BCUT2D eigenvalue weighted by molar-refractivity contribution is -0.120. The van der Waals surface area contributed by atoms with E-state index in [1.54, 1.807) is 18.2 Å². The van der Waals surface area contributed by atoms with Crippen molar-refractivity contribution in [2.45, 2.75) is 39.2 Å². The monoisotopic (exact) mass is 346 g/mol. The minimum atomic E-state index is -0.672. The van der Waals surface area contributed by atoms with Crippen LogP contribution >= 0.6 is 11.3 Å². The zero-order valence-corrected chi connectivity index (χ0v) is 15.1. The van der Waals surface area contributed by atoms with Gasteiger partial charge < -0.3 is 15.8 Å². The average Bonchev–Trinajstić information content (AvgIpc) is 3.02. The number of rotatable bonds is 6. The highest BCUT2D eigenvalue weighted by molar-refractivity contribution is 7.10. The predicted octanol–water partition coefficient (Wildman–Crippen LogP) is 3.55. The van der Waals surface area contributed by atoms with Crippen LogP contribution in [0.1, 0.15) is 42.9 Å². The average molecular weight is 346 g/mol. The van der Waals surface area contributed by atoms with E-state index in [1.807, 2.05) is 45.2 Å². The van der Waals surface area contributed by atoms with Crippen molar-refractivity contribution in [3.63, 3.8) is 0 Å². The van der Waals surface area contributed by atoms with Crippen LogP contribution in [0.5, 0.6) is 5.75 Å². The molecule has 6 heteroatoms. The van der Waals surface area contributed by atoms with Gasteiger partial charge in [-0.2, -0.15) is 0 Å². The second-order valence-electron chi connectivity index (χ2n) is 6.30. The van der Waals surface area contributed by atoms with Crippen LogP contribution in [0, 0.1) is 0 Å². The van der Waals surface area contributed by atoms with Crippen LogP contribution in [0.25, 0.3) is 0 Å². The van der Waals surface area contributed by atoms with Crippen molar-refractivity contribution in [3.05, 3.63) is 46.2 Å². The summed E-state index contributed by atoms with van der Waals surface area (Å²) >= 11 is 1.53. The number of anilines is 1. The zero-order valence-electron chi connectivity index (χ0n) is 14.3. The molecule has 0 unspecified atom stereocenters. The van der Waals surface area contributed by atoms with Gasteiger partial charge in [-0.1, -0.05) is 6.07 Å². The quantitative estimate of drug-likeness (QED) is 0.839. The summed E-state index contributed by atoms with van der Waals surface area (Å²) in [6, 6.07) is 8.74. The maximum atomic E-state index is 12.6. The van der Waals surface area contributed by atoms with Crippen molar-refractivity contribution in [2.24, 2.45) is 5.73 Å². The Balaban J connectivity index is 2.25. The molecule has 0 aliphatic rings. The lowest BCUT2D eigenvalue weighted by Gasteiger charge is -2.22. The van der Waals surface area contributed by atoms with Gasteiger partial charge in [-0.25, -0.2) is 0 Å². The summed E-state index contributed by atoms with van der Waals surface area (Å²) in [6.45, 7) is 7.45. The Labute approximate surface area is 145 Å². The van der Waals surface area contributed by atoms with Gasteiger partial charge in [-0.15, -0.1) is 11.3 Å². The molecule has 0 spiro atoms. The fraction of sp³-hybridized carbons (Fsp3) is 0.333. The maximum Gasteiger partial charge on any atom is 0.252 e. The molecular weight excluding hydrogens is 324 g/mol. The number of nitrogens with two attached hydrogens (primary N) is 1. The molecule has 0 radical (unpaired) electrons. The third kappa shape index (κ3) is 3.94. The molecule has 0 saturated heterocycles. The molecule has 0 fully saturated rings. The Morgan fingerprint density at radius 1 is 1.25 bits per heavy atom. The van der Waals surface area contributed by atoms with Crippen LogP contribution in [0.3, 0.4) is 0 Å². The van der Waals surface area contributed by atoms with Gasteiger partial charge in [0.05, 0.1) is 17.1 Å². The Hall–Kier alpha value is -2.34. The van der Waals surface area contributed by atoms with Gasteiger partial charge in [0.25, 0.3) is 5.91 Å². The SMILES string of the molecule is CC(C)Oc1ccc(NC(=O)C(C)(C)c2cccs2)cc1C(N)=O. The molecule has 0 atom stereocenters. The standard InChI is InChI=1S/C18H22N2O3S/c1-11(2)23-14-8-7-12(10-13(14)16(19)21)20-17(22)18(3,4)15-6-5-9-24-15/h5-11H,1-4H3,(H2,19,21)(H,20,22). The summed E-state index contributed by atoms with van der Waals surface area (Å²) in [7, 11) is 0. The van der Waals surface area contributed by atoms with Crippen molar-refractivity contribution in [2.75, 3.05) is 5.32 Å². The first kappa shape index (κ1) is 18.0. The number of primary amides is 1. The summed E-state index contributed by atoms with van der Waals surface area (Å²) in [6.07, 6.45) is -0.0821. The van der Waals surface area contributed by atoms with E-state index >= 15 is 0 Å². The highest BCUT2D eigenvalue weighted by Crippen LogP contribution is 2.30. The maximum absolute atomic E-state index is 12.6. The van der Waals surface area contributed by atoms with Crippen LogP contribution in [0.2, 0.25) is 0 Å². The van der Waals surface area contributed by atoms with Gasteiger partial charge in [-0.3, -0.25) is 9.59 Å². The first-order chi connectivity index (χ1) is 11.2. The third-order valence-corrected chi connectivity index (χ3v) is 4.76. The molecule has 2 rings (SSSR count). The molecule has 0 aliphatic heterocycles. The zero-order chi connectivity index (χ0) is 17.9. The summed E-state index contributed by atoms with van der Waals surface area (Å²) in [5, 5.41) is 4.79. The van der Waals surface area contributed by atoms with Crippen molar-refractivity contribution in [1.82, 2.24) is 0 Å². The first-order valence-corrected chi connectivity index (χ1v) is 8.55. The van der Waals surface area contributed by atoms with Crippen molar-refractivity contribution in [1.29, 1.82) is 0 Å². The van der Waals surface area contributed by atoms with Crippen LogP contribution in [0.15, 0.2) is 35.7 Å². The van der Waals surface area contributed by atoms with E-state index in [-0.39, 0.29) is 17.6 Å². The second kappa shape index (κ2) is 7.05. The molecular formula is C18H22N2O3S. The molecule has 5 nitrogen and oxygen atoms in total. The number of nitrogens with one attached hydrogen (secondary N) is 1. The smallest absolute Gasteiger partial charge is 0.252 e. The van der Waals surface area contributed by atoms with E-state index in [0.29, 0.717) is 11.4 Å². The van der Waals surface area contributed by atoms with Crippen LogP contribution < -0.4 is 15.8 Å². The molecule has 2 aromatic rings. The van der Waals surface area contributed by atoms with Crippen molar-refractivity contribution >= 4 is 28.8 Å². The highest BCUT2D eigenvalue weighted by atomic mass is 32.1. The van der Waals surface area contributed by atoms with Crippen LogP contribution in [-0.2, 0) is 10.2 Å². The van der Waals surface area contributed by atoms with Crippen LogP contribution in [0.4, 0.5) is 5.69 Å². The lowest BCUT2D eigenvalue weighted by atomic mass is 9.90. The van der Waals surface area contributed by atoms with Gasteiger partial charge in [-0.05, 0) is 57.3 Å². The normalized spacial score (nSPS) is 11.4. The van der Waals surface area contributed by atoms with Gasteiger partial charge in [0.1, 0.15) is 5.75 Å². The summed E-state index contributed by atoms with van der Waals surface area (Å²) in [5.41, 5.74) is 5.51. The number of thiophene rings is 1. The lowest BCUT2D eigenvalue weighted by Crippen LogP contribution is -2.34. The van der Waals surface area contributed by atoms with Gasteiger partial charge in [0.15, 0.2) is 0 Å². The molecule has 1 aromatic carbocycles. The fourth-order valence-electron chi connectivity index (χ4n) is 2.19. The Kier molecular flexibility index (Phi) is 5.29. The molecule has 0 bridgehead atoms. The molecule has 2 amide bonds. The topological polar surface area (TPSA) is 81.4 Å². The molecule has 1 heterocycles. The molecule has 0 saturated carbocycles. The summed E-state index contributed by atoms with van der Waals surface area (Å²) in [4.78, 5) is 25.2. The molecule has 128 valence electrons. The minimum absolute atomic E-state index is 0.0821. The van der Waals surface area contributed by atoms with E-state index in [0.717, 1.165) is 4.88 Å². The Morgan fingerprint density at radius 3 is 2.50 bits per heavy atom. The van der Waals surface area contributed by atoms with E-state index < -0.39 is 11.3 Å².